The molecule has 1 aromatic carbocycles. The first-order valence-corrected chi connectivity index (χ1v) is 5.29. The van der Waals surface area contributed by atoms with Crippen LogP contribution in [0.15, 0.2) is 24.3 Å². The Balaban J connectivity index is 1.83. The van der Waals surface area contributed by atoms with Gasteiger partial charge in [0.25, 0.3) is 0 Å². The largest absolute Gasteiger partial charge is 0.354 e. The summed E-state index contributed by atoms with van der Waals surface area (Å²) < 4.78 is 0. The number of nitrogens with one attached hydrogen (secondary N) is 2. The van der Waals surface area contributed by atoms with Crippen molar-refractivity contribution in [3.8, 4) is 0 Å². The minimum Gasteiger partial charge on any atom is -0.354 e. The van der Waals surface area contributed by atoms with Gasteiger partial charge in [0, 0.05) is 25.6 Å². The van der Waals surface area contributed by atoms with Crippen LogP contribution in [0.4, 0.5) is 0 Å². The van der Waals surface area contributed by atoms with Gasteiger partial charge in [0.15, 0.2) is 0 Å². The highest BCUT2D eigenvalue weighted by molar-refractivity contribution is 5.78. The quantitative estimate of drug-likeness (QED) is 0.770. The van der Waals surface area contributed by atoms with Crippen LogP contribution in [0.5, 0.6) is 0 Å². The van der Waals surface area contributed by atoms with Crippen molar-refractivity contribution in [3.05, 3.63) is 35.4 Å². The molecule has 1 atom stereocenters. The number of carbonyl (C=O) groups excluding carboxylic acids is 1. The van der Waals surface area contributed by atoms with Crippen LogP contribution in [0.1, 0.15) is 17.5 Å². The number of amides is 1. The Kier molecular flexibility index (Phi) is 3.02. The Morgan fingerprint density at radius 3 is 2.73 bits per heavy atom. The van der Waals surface area contributed by atoms with Crippen molar-refractivity contribution >= 4 is 5.91 Å². The van der Waals surface area contributed by atoms with Gasteiger partial charge in [0.2, 0.25) is 5.91 Å². The molecule has 1 saturated heterocycles. The van der Waals surface area contributed by atoms with Gasteiger partial charge in [-0.1, -0.05) is 29.8 Å². The van der Waals surface area contributed by atoms with E-state index >= 15 is 0 Å². The Morgan fingerprint density at radius 1 is 1.40 bits per heavy atom. The van der Waals surface area contributed by atoms with Crippen molar-refractivity contribution in [2.75, 3.05) is 6.54 Å². The van der Waals surface area contributed by atoms with E-state index in [1.165, 1.54) is 11.1 Å². The second kappa shape index (κ2) is 4.45. The summed E-state index contributed by atoms with van der Waals surface area (Å²) >= 11 is 0. The Bertz CT molecular complexity index is 345. The van der Waals surface area contributed by atoms with Crippen molar-refractivity contribution in [3.63, 3.8) is 0 Å². The lowest BCUT2D eigenvalue weighted by Gasteiger charge is -2.10. The monoisotopic (exact) mass is 204 g/mol. The van der Waals surface area contributed by atoms with Crippen molar-refractivity contribution < 1.29 is 4.79 Å². The number of carbonyl (C=O) groups is 1. The number of aryl methyl sites for hydroxylation is 1. The standard InChI is InChI=1S/C12H16N2O/c1-9-2-4-10(5-3-9)7-13-11-6-12(15)14-8-11/h2-5,11,13H,6-8H2,1H3,(H,14,15). The Morgan fingerprint density at radius 2 is 2.13 bits per heavy atom. The van der Waals surface area contributed by atoms with Crippen LogP contribution in [0.3, 0.4) is 0 Å². The highest BCUT2D eigenvalue weighted by Crippen LogP contribution is 2.05. The molecule has 1 aromatic rings. The zero-order valence-electron chi connectivity index (χ0n) is 8.92. The van der Waals surface area contributed by atoms with Gasteiger partial charge >= 0.3 is 0 Å². The van der Waals surface area contributed by atoms with E-state index in [1.807, 2.05) is 0 Å². The van der Waals surface area contributed by atoms with E-state index in [4.69, 9.17) is 0 Å². The summed E-state index contributed by atoms with van der Waals surface area (Å²) in [5.41, 5.74) is 2.54. The Hall–Kier alpha value is -1.35. The molecule has 0 saturated carbocycles. The molecule has 1 aliphatic rings. The summed E-state index contributed by atoms with van der Waals surface area (Å²) in [7, 11) is 0. The third-order valence-corrected chi connectivity index (χ3v) is 2.69. The maximum atomic E-state index is 11.0. The predicted molar refractivity (Wildman–Crippen MR) is 59.4 cm³/mol. The molecular weight excluding hydrogens is 188 g/mol. The van der Waals surface area contributed by atoms with Gasteiger partial charge in [0.05, 0.1) is 0 Å². The predicted octanol–water partition coefficient (Wildman–Crippen LogP) is 0.973. The molecule has 1 fully saturated rings. The van der Waals surface area contributed by atoms with Gasteiger partial charge in [-0.3, -0.25) is 4.79 Å². The summed E-state index contributed by atoms with van der Waals surface area (Å²) in [5, 5.41) is 6.18. The lowest BCUT2D eigenvalue weighted by Crippen LogP contribution is -2.30. The summed E-state index contributed by atoms with van der Waals surface area (Å²) in [6, 6.07) is 8.74. The van der Waals surface area contributed by atoms with E-state index in [9.17, 15) is 4.79 Å². The SMILES string of the molecule is Cc1ccc(CNC2CNC(=O)C2)cc1. The van der Waals surface area contributed by atoms with E-state index in [1.54, 1.807) is 0 Å². The molecule has 1 unspecified atom stereocenters. The normalized spacial score (nSPS) is 20.3. The van der Waals surface area contributed by atoms with Crippen LogP contribution in [-0.2, 0) is 11.3 Å². The highest BCUT2D eigenvalue weighted by atomic mass is 16.1. The first kappa shape index (κ1) is 10.2. The van der Waals surface area contributed by atoms with Gasteiger partial charge in [-0.05, 0) is 12.5 Å². The third kappa shape index (κ3) is 2.80. The maximum Gasteiger partial charge on any atom is 0.221 e. The molecule has 0 spiro atoms. The van der Waals surface area contributed by atoms with Crippen LogP contribution in [-0.4, -0.2) is 18.5 Å². The van der Waals surface area contributed by atoms with Crippen LogP contribution in [0, 0.1) is 6.92 Å². The molecule has 3 nitrogen and oxygen atoms in total. The lowest BCUT2D eigenvalue weighted by atomic mass is 10.1. The van der Waals surface area contributed by atoms with Crippen molar-refractivity contribution in [1.82, 2.24) is 10.6 Å². The molecule has 0 bridgehead atoms. The average molecular weight is 204 g/mol. The molecule has 1 aliphatic heterocycles. The Labute approximate surface area is 89.9 Å². The van der Waals surface area contributed by atoms with E-state index in [0.29, 0.717) is 12.5 Å². The second-order valence-electron chi connectivity index (χ2n) is 4.07. The molecule has 0 radical (unpaired) electrons. The summed E-state index contributed by atoms with van der Waals surface area (Å²) in [6.45, 7) is 3.67. The second-order valence-corrected chi connectivity index (χ2v) is 4.07. The molecule has 2 N–H and O–H groups in total. The minimum absolute atomic E-state index is 0.149. The topological polar surface area (TPSA) is 41.1 Å². The van der Waals surface area contributed by atoms with Crippen molar-refractivity contribution in [2.24, 2.45) is 0 Å². The average Bonchev–Trinajstić information content (AvgIpc) is 2.64. The van der Waals surface area contributed by atoms with Gasteiger partial charge in [0.1, 0.15) is 0 Å². The molecule has 2 rings (SSSR count). The zero-order valence-corrected chi connectivity index (χ0v) is 8.92. The number of rotatable bonds is 3. The highest BCUT2D eigenvalue weighted by Gasteiger charge is 2.20. The third-order valence-electron chi connectivity index (χ3n) is 2.69. The van der Waals surface area contributed by atoms with Crippen LogP contribution in [0.25, 0.3) is 0 Å². The summed E-state index contributed by atoms with van der Waals surface area (Å²) in [6.07, 6.45) is 0.603. The first-order chi connectivity index (χ1) is 7.24. The van der Waals surface area contributed by atoms with Crippen molar-refractivity contribution in [2.45, 2.75) is 25.9 Å². The molecule has 0 aliphatic carbocycles. The molecule has 1 amide bonds. The van der Waals surface area contributed by atoms with Gasteiger partial charge < -0.3 is 10.6 Å². The molecular formula is C12H16N2O. The fraction of sp³-hybridized carbons (Fsp3) is 0.417. The first-order valence-electron chi connectivity index (χ1n) is 5.29. The molecule has 15 heavy (non-hydrogen) atoms. The van der Waals surface area contributed by atoms with E-state index in [2.05, 4.69) is 41.8 Å². The van der Waals surface area contributed by atoms with E-state index in [0.717, 1.165) is 13.1 Å². The molecule has 0 aromatic heterocycles. The summed E-state index contributed by atoms with van der Waals surface area (Å²) in [4.78, 5) is 11.0. The number of hydrogen-bond donors (Lipinski definition) is 2. The van der Waals surface area contributed by atoms with Gasteiger partial charge in [-0.2, -0.15) is 0 Å². The van der Waals surface area contributed by atoms with Crippen LogP contribution < -0.4 is 10.6 Å². The van der Waals surface area contributed by atoms with Gasteiger partial charge in [-0.25, -0.2) is 0 Å². The molecule has 3 heteroatoms. The molecule has 80 valence electrons. The fourth-order valence-corrected chi connectivity index (χ4v) is 1.72. The number of benzene rings is 1. The van der Waals surface area contributed by atoms with E-state index in [-0.39, 0.29) is 5.91 Å². The van der Waals surface area contributed by atoms with Crippen LogP contribution >= 0.6 is 0 Å². The smallest absolute Gasteiger partial charge is 0.221 e. The minimum atomic E-state index is 0.149. The van der Waals surface area contributed by atoms with E-state index < -0.39 is 0 Å². The number of hydrogen-bond acceptors (Lipinski definition) is 2. The summed E-state index contributed by atoms with van der Waals surface area (Å²) in [5.74, 6) is 0.149. The maximum absolute atomic E-state index is 11.0. The lowest BCUT2D eigenvalue weighted by molar-refractivity contribution is -0.119. The van der Waals surface area contributed by atoms with Gasteiger partial charge in [-0.15, -0.1) is 0 Å². The molecule has 1 heterocycles. The fourth-order valence-electron chi connectivity index (χ4n) is 1.72. The van der Waals surface area contributed by atoms with Crippen LogP contribution in [0.2, 0.25) is 0 Å². The zero-order chi connectivity index (χ0) is 10.7. The van der Waals surface area contributed by atoms with Crippen molar-refractivity contribution in [1.29, 1.82) is 0 Å².